The second-order valence-corrected chi connectivity index (χ2v) is 7.32. The van der Waals surface area contributed by atoms with Crippen LogP contribution in [0.25, 0.3) is 0 Å². The van der Waals surface area contributed by atoms with Crippen LogP contribution in [0.15, 0.2) is 12.3 Å². The second kappa shape index (κ2) is 18.3. The van der Waals surface area contributed by atoms with E-state index in [4.69, 9.17) is 4.74 Å². The first-order valence-electron chi connectivity index (χ1n) is 10.8. The highest BCUT2D eigenvalue weighted by atomic mass is 16.5. The van der Waals surface area contributed by atoms with Crippen molar-refractivity contribution in [2.45, 2.75) is 129 Å². The predicted octanol–water partition coefficient (Wildman–Crippen LogP) is 6.13. The number of rotatable bonds is 18. The number of unbranched alkanes of at least 4 members (excludes halogenated alkanes) is 8. The Balaban J connectivity index is 3.99. The standard InChI is InChI=1S/C22H44O3/c1-4-7-9-10-11-12-13-14-15-17-22(25-18-8-5-2)21(24)19-20(23)16-6-3/h8,18,20-24H,4-7,9-17,19H2,1-3H3. The number of aliphatic hydroxyl groups excluding tert-OH is 2. The third-order valence-corrected chi connectivity index (χ3v) is 4.74. The van der Waals surface area contributed by atoms with Gasteiger partial charge in [0.25, 0.3) is 0 Å². The highest BCUT2D eigenvalue weighted by Gasteiger charge is 2.22. The van der Waals surface area contributed by atoms with Crippen LogP contribution in [0.5, 0.6) is 0 Å². The summed E-state index contributed by atoms with van der Waals surface area (Å²) in [5, 5.41) is 20.3. The molecule has 0 aliphatic carbocycles. The van der Waals surface area contributed by atoms with Gasteiger partial charge in [-0.1, -0.05) is 84.6 Å². The highest BCUT2D eigenvalue weighted by molar-refractivity contribution is 4.78. The number of hydrogen-bond donors (Lipinski definition) is 2. The minimum absolute atomic E-state index is 0.195. The second-order valence-electron chi connectivity index (χ2n) is 7.32. The van der Waals surface area contributed by atoms with Gasteiger partial charge < -0.3 is 14.9 Å². The first-order chi connectivity index (χ1) is 12.2. The molecule has 0 bridgehead atoms. The van der Waals surface area contributed by atoms with Crippen molar-refractivity contribution in [3.05, 3.63) is 12.3 Å². The Labute approximate surface area is 156 Å². The molecule has 3 nitrogen and oxygen atoms in total. The summed E-state index contributed by atoms with van der Waals surface area (Å²) >= 11 is 0. The summed E-state index contributed by atoms with van der Waals surface area (Å²) in [7, 11) is 0. The molecule has 25 heavy (non-hydrogen) atoms. The monoisotopic (exact) mass is 356 g/mol. The lowest BCUT2D eigenvalue weighted by atomic mass is 9.98. The topological polar surface area (TPSA) is 49.7 Å². The molecule has 3 heteroatoms. The number of ether oxygens (including phenoxy) is 1. The Hall–Kier alpha value is -0.540. The molecule has 3 atom stereocenters. The van der Waals surface area contributed by atoms with Gasteiger partial charge >= 0.3 is 0 Å². The van der Waals surface area contributed by atoms with Crippen molar-refractivity contribution in [1.29, 1.82) is 0 Å². The van der Waals surface area contributed by atoms with Gasteiger partial charge in [0.2, 0.25) is 0 Å². The molecule has 150 valence electrons. The van der Waals surface area contributed by atoms with E-state index >= 15 is 0 Å². The normalized spacial score (nSPS) is 15.4. The van der Waals surface area contributed by atoms with Gasteiger partial charge in [-0.15, -0.1) is 0 Å². The molecule has 0 aromatic heterocycles. The summed E-state index contributed by atoms with van der Waals surface area (Å²) in [4.78, 5) is 0. The molecule has 0 heterocycles. The average molecular weight is 357 g/mol. The predicted molar refractivity (Wildman–Crippen MR) is 108 cm³/mol. The quantitative estimate of drug-likeness (QED) is 0.229. The summed E-state index contributed by atoms with van der Waals surface area (Å²) in [5.41, 5.74) is 0. The molecule has 0 radical (unpaired) electrons. The molecule has 3 unspecified atom stereocenters. The van der Waals surface area contributed by atoms with Gasteiger partial charge in [0, 0.05) is 6.42 Å². The summed E-state index contributed by atoms with van der Waals surface area (Å²) < 4.78 is 5.75. The third kappa shape index (κ3) is 15.4. The van der Waals surface area contributed by atoms with Crippen molar-refractivity contribution in [1.82, 2.24) is 0 Å². The molecule has 0 aromatic carbocycles. The Morgan fingerprint density at radius 2 is 1.36 bits per heavy atom. The van der Waals surface area contributed by atoms with E-state index in [9.17, 15) is 10.2 Å². The highest BCUT2D eigenvalue weighted by Crippen LogP contribution is 2.18. The van der Waals surface area contributed by atoms with Gasteiger partial charge in [0.05, 0.1) is 18.5 Å². The summed E-state index contributed by atoms with van der Waals surface area (Å²) in [5.74, 6) is 0. The zero-order valence-electron chi connectivity index (χ0n) is 17.1. The Bertz CT molecular complexity index is 291. The van der Waals surface area contributed by atoms with Gasteiger partial charge in [-0.25, -0.2) is 0 Å². The minimum atomic E-state index is -0.586. The molecular weight excluding hydrogens is 312 g/mol. The third-order valence-electron chi connectivity index (χ3n) is 4.74. The van der Waals surface area contributed by atoms with Crippen molar-refractivity contribution in [2.75, 3.05) is 0 Å². The molecule has 0 fully saturated rings. The van der Waals surface area contributed by atoms with Crippen LogP contribution in [0, 0.1) is 0 Å². The van der Waals surface area contributed by atoms with Crippen molar-refractivity contribution < 1.29 is 14.9 Å². The zero-order chi connectivity index (χ0) is 18.8. The van der Waals surface area contributed by atoms with E-state index in [0.717, 1.165) is 32.1 Å². The van der Waals surface area contributed by atoms with Gasteiger partial charge in [0.15, 0.2) is 0 Å². The van der Waals surface area contributed by atoms with E-state index in [1.165, 1.54) is 51.4 Å². The Kier molecular flexibility index (Phi) is 17.9. The maximum Gasteiger partial charge on any atom is 0.124 e. The first-order valence-corrected chi connectivity index (χ1v) is 10.8. The summed E-state index contributed by atoms with van der Waals surface area (Å²) in [6.07, 6.45) is 18.0. The lowest BCUT2D eigenvalue weighted by Gasteiger charge is -2.24. The van der Waals surface area contributed by atoms with E-state index in [0.29, 0.717) is 6.42 Å². The molecule has 0 amide bonds. The molecule has 2 N–H and O–H groups in total. The van der Waals surface area contributed by atoms with Crippen LogP contribution in [0.1, 0.15) is 111 Å². The van der Waals surface area contributed by atoms with Crippen LogP contribution in [0.4, 0.5) is 0 Å². The van der Waals surface area contributed by atoms with Crippen LogP contribution in [0.2, 0.25) is 0 Å². The van der Waals surface area contributed by atoms with Crippen LogP contribution < -0.4 is 0 Å². The molecule has 0 rings (SSSR count). The molecule has 0 aliphatic heterocycles. The number of aliphatic hydroxyl groups is 2. The lowest BCUT2D eigenvalue weighted by molar-refractivity contribution is -0.0252. The van der Waals surface area contributed by atoms with E-state index in [-0.39, 0.29) is 6.10 Å². The van der Waals surface area contributed by atoms with Crippen LogP contribution in [0.3, 0.4) is 0 Å². The fourth-order valence-corrected chi connectivity index (χ4v) is 3.14. The van der Waals surface area contributed by atoms with Gasteiger partial charge in [-0.05, 0) is 25.7 Å². The Morgan fingerprint density at radius 1 is 0.760 bits per heavy atom. The molecule has 0 aromatic rings. The maximum atomic E-state index is 10.4. The van der Waals surface area contributed by atoms with Gasteiger partial charge in [-0.2, -0.15) is 0 Å². The van der Waals surface area contributed by atoms with Crippen molar-refractivity contribution in [2.24, 2.45) is 0 Å². The van der Waals surface area contributed by atoms with E-state index < -0.39 is 12.2 Å². The zero-order valence-corrected chi connectivity index (χ0v) is 17.1. The maximum absolute atomic E-state index is 10.4. The minimum Gasteiger partial charge on any atom is -0.496 e. The molecular formula is C22H44O3. The van der Waals surface area contributed by atoms with E-state index in [1.54, 1.807) is 6.26 Å². The van der Waals surface area contributed by atoms with Crippen LogP contribution in [-0.2, 0) is 4.74 Å². The largest absolute Gasteiger partial charge is 0.496 e. The molecule has 0 saturated heterocycles. The van der Waals surface area contributed by atoms with Crippen LogP contribution >= 0.6 is 0 Å². The van der Waals surface area contributed by atoms with Crippen molar-refractivity contribution in [3.8, 4) is 0 Å². The lowest BCUT2D eigenvalue weighted by Crippen LogP contribution is -2.31. The summed E-state index contributed by atoms with van der Waals surface area (Å²) in [6, 6.07) is 0. The summed E-state index contributed by atoms with van der Waals surface area (Å²) in [6.45, 7) is 6.37. The van der Waals surface area contributed by atoms with Gasteiger partial charge in [-0.3, -0.25) is 0 Å². The number of allylic oxidation sites excluding steroid dienone is 1. The van der Waals surface area contributed by atoms with Gasteiger partial charge in [0.1, 0.15) is 6.10 Å². The molecule has 0 saturated carbocycles. The van der Waals surface area contributed by atoms with E-state index in [1.807, 2.05) is 6.08 Å². The average Bonchev–Trinajstić information content (AvgIpc) is 2.58. The molecule has 0 spiro atoms. The smallest absolute Gasteiger partial charge is 0.124 e. The van der Waals surface area contributed by atoms with Crippen molar-refractivity contribution in [3.63, 3.8) is 0 Å². The number of hydrogen-bond acceptors (Lipinski definition) is 3. The van der Waals surface area contributed by atoms with Crippen LogP contribution in [-0.4, -0.2) is 28.5 Å². The SMILES string of the molecule is CCC=COC(CCCCCCCCCCC)C(O)CC(O)CCC. The molecule has 0 aliphatic rings. The fourth-order valence-electron chi connectivity index (χ4n) is 3.14. The Morgan fingerprint density at radius 3 is 1.92 bits per heavy atom. The fraction of sp³-hybridized carbons (Fsp3) is 0.909. The first kappa shape index (κ1) is 24.5. The van der Waals surface area contributed by atoms with E-state index in [2.05, 4.69) is 20.8 Å². The van der Waals surface area contributed by atoms with Crippen molar-refractivity contribution >= 4 is 0 Å².